The zero-order chi connectivity index (χ0) is 19.5. The van der Waals surface area contributed by atoms with Crippen molar-refractivity contribution in [2.75, 3.05) is 13.2 Å². The Morgan fingerprint density at radius 3 is 2.58 bits per heavy atom. The van der Waals surface area contributed by atoms with E-state index in [1.807, 2.05) is 26.0 Å². The fourth-order valence-corrected chi connectivity index (χ4v) is 3.12. The molecule has 0 fully saturated rings. The van der Waals surface area contributed by atoms with Crippen molar-refractivity contribution in [3.8, 4) is 11.5 Å². The second-order valence-electron chi connectivity index (χ2n) is 7.69. The third-order valence-corrected chi connectivity index (χ3v) is 4.60. The van der Waals surface area contributed by atoms with Gasteiger partial charge in [0.05, 0.1) is 13.2 Å². The topological polar surface area (TPSA) is 38.7 Å². The molecular formula is C22H31FO3. The van der Waals surface area contributed by atoms with Gasteiger partial charge in [0.15, 0.2) is 0 Å². The van der Waals surface area contributed by atoms with Gasteiger partial charge in [-0.2, -0.15) is 0 Å². The molecule has 2 rings (SSSR count). The molecule has 26 heavy (non-hydrogen) atoms. The number of ether oxygens (including phenoxy) is 2. The van der Waals surface area contributed by atoms with Gasteiger partial charge in [0.25, 0.3) is 0 Å². The first-order valence-corrected chi connectivity index (χ1v) is 9.39. The van der Waals surface area contributed by atoms with Crippen LogP contribution in [0.15, 0.2) is 24.0 Å². The Labute approximate surface area is 156 Å². The first-order valence-electron chi connectivity index (χ1n) is 9.39. The van der Waals surface area contributed by atoms with Crippen LogP contribution in [-0.4, -0.2) is 23.9 Å². The van der Waals surface area contributed by atoms with Crippen molar-refractivity contribution in [3.05, 3.63) is 35.2 Å². The number of rotatable bonds is 7. The zero-order valence-electron chi connectivity index (χ0n) is 16.8. The standard InChI is InChI=1S/C22H31FO3/c1-7-8-9-25-20-11-21-17(10-16(20)15(4)19(23)13-24)18(14(2)3)12-22(5,6)26-21/h10-12,14,24H,7-9,13H2,1-6H3/b19-15+. The molecule has 0 spiro atoms. The van der Waals surface area contributed by atoms with Crippen LogP contribution in [0.25, 0.3) is 11.1 Å². The van der Waals surface area contributed by atoms with Crippen LogP contribution in [0, 0.1) is 5.92 Å². The molecule has 0 aromatic heterocycles. The molecule has 0 aliphatic carbocycles. The molecule has 0 saturated carbocycles. The first-order chi connectivity index (χ1) is 12.2. The molecular weight excluding hydrogens is 331 g/mol. The van der Waals surface area contributed by atoms with E-state index < -0.39 is 18.0 Å². The van der Waals surface area contributed by atoms with Crippen LogP contribution in [0.5, 0.6) is 11.5 Å². The Bertz CT molecular complexity index is 714. The molecule has 1 aromatic carbocycles. The number of allylic oxidation sites excluding steroid dienone is 2. The largest absolute Gasteiger partial charge is 0.493 e. The molecule has 1 aliphatic heterocycles. The van der Waals surface area contributed by atoms with Crippen LogP contribution in [0.1, 0.15) is 65.5 Å². The molecule has 3 nitrogen and oxygen atoms in total. The number of aliphatic hydroxyl groups is 1. The van der Waals surface area contributed by atoms with Crippen LogP contribution < -0.4 is 9.47 Å². The molecule has 0 unspecified atom stereocenters. The lowest BCUT2D eigenvalue weighted by molar-refractivity contribution is 0.156. The molecule has 1 heterocycles. The Morgan fingerprint density at radius 1 is 1.31 bits per heavy atom. The van der Waals surface area contributed by atoms with E-state index in [9.17, 15) is 9.50 Å². The molecule has 4 heteroatoms. The van der Waals surface area contributed by atoms with Crippen LogP contribution in [0.2, 0.25) is 0 Å². The molecule has 1 aromatic rings. The summed E-state index contributed by atoms with van der Waals surface area (Å²) < 4.78 is 26.2. The van der Waals surface area contributed by atoms with Gasteiger partial charge in [0.2, 0.25) is 0 Å². The first kappa shape index (κ1) is 20.5. The maximum atomic E-state index is 14.1. The van der Waals surface area contributed by atoms with Gasteiger partial charge in [-0.3, -0.25) is 0 Å². The summed E-state index contributed by atoms with van der Waals surface area (Å²) in [6, 6.07) is 3.80. The molecule has 0 atom stereocenters. The third-order valence-electron chi connectivity index (χ3n) is 4.60. The minimum absolute atomic E-state index is 0.309. The highest BCUT2D eigenvalue weighted by atomic mass is 19.1. The number of aliphatic hydroxyl groups excluding tert-OH is 1. The third kappa shape index (κ3) is 4.47. The highest BCUT2D eigenvalue weighted by molar-refractivity contribution is 5.81. The lowest BCUT2D eigenvalue weighted by Gasteiger charge is -2.33. The van der Waals surface area contributed by atoms with Gasteiger partial charge in [-0.25, -0.2) is 4.39 Å². The summed E-state index contributed by atoms with van der Waals surface area (Å²) in [5.41, 5.74) is 2.80. The summed E-state index contributed by atoms with van der Waals surface area (Å²) in [4.78, 5) is 0. The number of fused-ring (bicyclic) bond motifs is 1. The van der Waals surface area contributed by atoms with Crippen molar-refractivity contribution in [1.82, 2.24) is 0 Å². The quantitative estimate of drug-likeness (QED) is 0.626. The summed E-state index contributed by atoms with van der Waals surface area (Å²) in [6.45, 7) is 12.0. The molecule has 144 valence electrons. The summed E-state index contributed by atoms with van der Waals surface area (Å²) in [5.74, 6) is 1.12. The molecule has 0 bridgehead atoms. The van der Waals surface area contributed by atoms with Gasteiger partial charge < -0.3 is 14.6 Å². The highest BCUT2D eigenvalue weighted by Gasteiger charge is 2.29. The second kappa shape index (κ2) is 8.26. The fraction of sp³-hybridized carbons (Fsp3) is 0.545. The number of halogens is 1. The average Bonchev–Trinajstić information content (AvgIpc) is 2.58. The van der Waals surface area contributed by atoms with Crippen LogP contribution in [0.3, 0.4) is 0 Å². The van der Waals surface area contributed by atoms with Crippen molar-refractivity contribution >= 4 is 11.1 Å². The van der Waals surface area contributed by atoms with E-state index >= 15 is 0 Å². The Balaban J connectivity index is 2.62. The lowest BCUT2D eigenvalue weighted by Crippen LogP contribution is -2.30. The van der Waals surface area contributed by atoms with Crippen molar-refractivity contribution in [2.45, 2.75) is 60.0 Å². The minimum Gasteiger partial charge on any atom is -0.493 e. The van der Waals surface area contributed by atoms with Gasteiger partial charge in [0.1, 0.15) is 22.9 Å². The van der Waals surface area contributed by atoms with E-state index in [2.05, 4.69) is 26.8 Å². The van der Waals surface area contributed by atoms with E-state index in [1.54, 1.807) is 6.92 Å². The van der Waals surface area contributed by atoms with Crippen molar-refractivity contribution in [3.63, 3.8) is 0 Å². The fourth-order valence-electron chi connectivity index (χ4n) is 3.12. The lowest BCUT2D eigenvalue weighted by atomic mass is 9.86. The van der Waals surface area contributed by atoms with Crippen molar-refractivity contribution in [1.29, 1.82) is 0 Å². The van der Waals surface area contributed by atoms with E-state index in [0.717, 1.165) is 24.2 Å². The number of hydrogen-bond acceptors (Lipinski definition) is 3. The van der Waals surface area contributed by atoms with Gasteiger partial charge in [-0.15, -0.1) is 0 Å². The normalized spacial score (nSPS) is 16.6. The summed E-state index contributed by atoms with van der Waals surface area (Å²) in [6.07, 6.45) is 4.07. The number of hydrogen-bond donors (Lipinski definition) is 1. The van der Waals surface area contributed by atoms with Gasteiger partial charge in [0, 0.05) is 17.2 Å². The minimum atomic E-state index is -0.617. The number of benzene rings is 1. The highest BCUT2D eigenvalue weighted by Crippen LogP contribution is 2.44. The van der Waals surface area contributed by atoms with E-state index in [-0.39, 0.29) is 0 Å². The zero-order valence-corrected chi connectivity index (χ0v) is 16.8. The molecule has 0 saturated heterocycles. The molecule has 1 N–H and O–H groups in total. The maximum absolute atomic E-state index is 14.1. The second-order valence-corrected chi connectivity index (χ2v) is 7.69. The number of unbranched alkanes of at least 4 members (excludes halogenated alkanes) is 1. The molecule has 0 amide bonds. The van der Waals surface area contributed by atoms with Crippen molar-refractivity contribution < 1.29 is 19.0 Å². The Hall–Kier alpha value is -1.81. The smallest absolute Gasteiger partial charge is 0.131 e. The van der Waals surface area contributed by atoms with Crippen LogP contribution in [0.4, 0.5) is 4.39 Å². The van der Waals surface area contributed by atoms with E-state index in [0.29, 0.717) is 29.4 Å². The average molecular weight is 362 g/mol. The van der Waals surface area contributed by atoms with Gasteiger partial charge in [-0.05, 0) is 56.4 Å². The van der Waals surface area contributed by atoms with E-state index in [1.165, 1.54) is 5.57 Å². The maximum Gasteiger partial charge on any atom is 0.131 e. The predicted octanol–water partition coefficient (Wildman–Crippen LogP) is 5.77. The van der Waals surface area contributed by atoms with Crippen LogP contribution >= 0.6 is 0 Å². The Morgan fingerprint density at radius 2 is 2.00 bits per heavy atom. The summed E-state index contributed by atoms with van der Waals surface area (Å²) in [5, 5.41) is 9.21. The summed E-state index contributed by atoms with van der Waals surface area (Å²) in [7, 11) is 0. The predicted molar refractivity (Wildman–Crippen MR) is 105 cm³/mol. The van der Waals surface area contributed by atoms with Gasteiger partial charge >= 0.3 is 0 Å². The summed E-state index contributed by atoms with van der Waals surface area (Å²) >= 11 is 0. The SMILES string of the molecule is CCCCOc1cc2c(cc1/C(C)=C(/F)CO)C(C(C)C)=CC(C)(C)O2. The van der Waals surface area contributed by atoms with Gasteiger partial charge in [-0.1, -0.05) is 27.2 Å². The van der Waals surface area contributed by atoms with Crippen molar-refractivity contribution in [2.24, 2.45) is 5.92 Å². The monoisotopic (exact) mass is 362 g/mol. The molecule has 1 aliphatic rings. The van der Waals surface area contributed by atoms with E-state index in [4.69, 9.17) is 9.47 Å². The molecule has 0 radical (unpaired) electrons. The van der Waals surface area contributed by atoms with Crippen LogP contribution in [-0.2, 0) is 0 Å². The Kier molecular flexibility index (Phi) is 6.51.